The summed E-state index contributed by atoms with van der Waals surface area (Å²) in [5.74, 6) is 2.65. The van der Waals surface area contributed by atoms with E-state index in [-0.39, 0.29) is 0 Å². The quantitative estimate of drug-likeness (QED) is 0.104. The van der Waals surface area contributed by atoms with Gasteiger partial charge in [0.25, 0.3) is 0 Å². The molecule has 0 spiro atoms. The van der Waals surface area contributed by atoms with Crippen molar-refractivity contribution in [3.8, 4) is 0 Å². The Bertz CT molecular complexity index is 908. The molecule has 2 heteroatoms. The van der Waals surface area contributed by atoms with Crippen LogP contribution in [0.15, 0.2) is 60.2 Å². The number of hydrogen-bond donors (Lipinski definition) is 0. The first-order chi connectivity index (χ1) is 15.2. The Hall–Kier alpha value is -2.66. The minimum atomic E-state index is 0.800. The molecule has 0 saturated heterocycles. The number of hydrogen-bond acceptors (Lipinski definition) is 0. The third kappa shape index (κ3) is 8.93. The molecule has 2 aromatic carbocycles. The first-order valence-electron chi connectivity index (χ1n) is 12.0. The number of benzene rings is 2. The van der Waals surface area contributed by atoms with E-state index in [0.717, 1.165) is 24.0 Å². The third-order valence-corrected chi connectivity index (χ3v) is 5.73. The van der Waals surface area contributed by atoms with Crippen molar-refractivity contribution in [2.75, 3.05) is 0 Å². The summed E-state index contributed by atoms with van der Waals surface area (Å²) in [4.78, 5) is 3.08. The van der Waals surface area contributed by atoms with E-state index >= 15 is 0 Å². The van der Waals surface area contributed by atoms with Gasteiger partial charge < -0.3 is 5.53 Å². The summed E-state index contributed by atoms with van der Waals surface area (Å²) in [6.45, 7) is 6.41. The number of aryl methyl sites for hydroxylation is 2. The van der Waals surface area contributed by atoms with E-state index < -0.39 is 0 Å². The predicted molar refractivity (Wildman–Crippen MR) is 133 cm³/mol. The van der Waals surface area contributed by atoms with E-state index in [1.54, 1.807) is 0 Å². The Kier molecular flexibility index (Phi) is 11.4. The van der Waals surface area contributed by atoms with Crippen molar-refractivity contribution in [1.82, 2.24) is 0 Å². The lowest BCUT2D eigenvalue weighted by Crippen LogP contribution is -1.94. The molecule has 31 heavy (non-hydrogen) atoms. The second kappa shape index (κ2) is 14.4. The van der Waals surface area contributed by atoms with Gasteiger partial charge in [0.1, 0.15) is 0 Å². The number of allylic oxidation sites excluding steroid dienone is 2. The molecule has 0 heterocycles. The summed E-state index contributed by atoms with van der Waals surface area (Å²) in [6, 6.07) is 17.8. The fourth-order valence-corrected chi connectivity index (χ4v) is 3.92. The van der Waals surface area contributed by atoms with Crippen LogP contribution in [0.5, 0.6) is 0 Å². The SMILES string of the molecule is CCCCCCc1ccc(C(=CC(C)=C=[N+]=[N-])c2cccc(CCCCCC)c2)cc1. The molecule has 164 valence electrons. The van der Waals surface area contributed by atoms with E-state index in [4.69, 9.17) is 5.53 Å². The van der Waals surface area contributed by atoms with Gasteiger partial charge in [-0.05, 0) is 66.5 Å². The molecule has 0 bridgehead atoms. The lowest BCUT2D eigenvalue weighted by molar-refractivity contribution is 0.00759. The predicted octanol–water partition coefficient (Wildman–Crippen LogP) is 8.21. The Labute approximate surface area is 189 Å². The molecule has 0 atom stereocenters. The largest absolute Gasteiger partial charge is 0.348 e. The fraction of sp³-hybridized carbons (Fsp3) is 0.448. The van der Waals surface area contributed by atoms with Gasteiger partial charge in [0, 0.05) is 0 Å². The van der Waals surface area contributed by atoms with Crippen molar-refractivity contribution in [1.29, 1.82) is 0 Å². The van der Waals surface area contributed by atoms with Gasteiger partial charge in [0.2, 0.25) is 0 Å². The Morgan fingerprint density at radius 3 is 2.06 bits per heavy atom. The molecule has 0 aliphatic rings. The highest BCUT2D eigenvalue weighted by Crippen LogP contribution is 2.27. The average molecular weight is 415 g/mol. The number of nitrogens with zero attached hydrogens (tertiary/aromatic N) is 2. The summed E-state index contributed by atoms with van der Waals surface area (Å²) < 4.78 is 0. The maximum atomic E-state index is 8.90. The molecular weight excluding hydrogens is 376 g/mol. The van der Waals surface area contributed by atoms with Gasteiger partial charge in [-0.2, -0.15) is 0 Å². The van der Waals surface area contributed by atoms with Crippen molar-refractivity contribution in [2.45, 2.75) is 85.0 Å². The topological polar surface area (TPSA) is 36.4 Å². The summed E-state index contributed by atoms with van der Waals surface area (Å²) in [6.07, 6.45) is 14.6. The number of rotatable bonds is 13. The van der Waals surface area contributed by atoms with Gasteiger partial charge in [-0.15, -0.1) is 4.79 Å². The monoisotopic (exact) mass is 414 g/mol. The molecule has 0 amide bonds. The second-order valence-electron chi connectivity index (χ2n) is 8.47. The molecule has 2 aromatic rings. The zero-order valence-electron chi connectivity index (χ0n) is 19.7. The highest BCUT2D eigenvalue weighted by molar-refractivity contribution is 5.83. The molecule has 0 aromatic heterocycles. The zero-order chi connectivity index (χ0) is 22.3. The third-order valence-electron chi connectivity index (χ3n) is 5.73. The Balaban J connectivity index is 2.26. The molecule has 0 aliphatic heterocycles. The van der Waals surface area contributed by atoms with Gasteiger partial charge in [-0.3, -0.25) is 0 Å². The van der Waals surface area contributed by atoms with Gasteiger partial charge in [0.05, 0.1) is 5.57 Å². The second-order valence-corrected chi connectivity index (χ2v) is 8.47. The van der Waals surface area contributed by atoms with Crippen molar-refractivity contribution in [3.05, 3.63) is 88.0 Å². The Morgan fingerprint density at radius 1 is 0.806 bits per heavy atom. The molecular formula is C29H38N2. The summed E-state index contributed by atoms with van der Waals surface area (Å²) in [5, 5.41) is 0. The highest BCUT2D eigenvalue weighted by atomic mass is 14.8. The van der Waals surface area contributed by atoms with Crippen LogP contribution in [-0.4, -0.2) is 10.7 Å². The van der Waals surface area contributed by atoms with Crippen LogP contribution in [-0.2, 0) is 12.8 Å². The average Bonchev–Trinajstić information content (AvgIpc) is 2.79. The molecule has 0 saturated carbocycles. The highest BCUT2D eigenvalue weighted by Gasteiger charge is 2.08. The Morgan fingerprint density at radius 2 is 1.45 bits per heavy atom. The summed E-state index contributed by atoms with van der Waals surface area (Å²) >= 11 is 0. The van der Waals surface area contributed by atoms with Crippen LogP contribution in [0.3, 0.4) is 0 Å². The zero-order valence-corrected chi connectivity index (χ0v) is 19.7. The lowest BCUT2D eigenvalue weighted by Gasteiger charge is -2.12. The van der Waals surface area contributed by atoms with E-state index in [0.29, 0.717) is 0 Å². The molecule has 0 unspecified atom stereocenters. The normalized spacial score (nSPS) is 11.1. The van der Waals surface area contributed by atoms with Crippen molar-refractivity contribution in [3.63, 3.8) is 0 Å². The first-order valence-corrected chi connectivity index (χ1v) is 12.0. The molecule has 0 aliphatic carbocycles. The van der Waals surface area contributed by atoms with Gasteiger partial charge in [-0.1, -0.05) is 101 Å². The maximum Gasteiger partial charge on any atom is 0.302 e. The van der Waals surface area contributed by atoms with Gasteiger partial charge >= 0.3 is 5.87 Å². The van der Waals surface area contributed by atoms with Crippen LogP contribution in [0.1, 0.15) is 94.4 Å². The number of unbranched alkanes of at least 4 members (excludes halogenated alkanes) is 6. The minimum absolute atomic E-state index is 0.800. The first kappa shape index (κ1) is 24.6. The molecule has 2 nitrogen and oxygen atoms in total. The van der Waals surface area contributed by atoms with Crippen molar-refractivity contribution >= 4 is 11.4 Å². The van der Waals surface area contributed by atoms with Gasteiger partial charge in [0.15, 0.2) is 0 Å². The molecule has 0 radical (unpaired) electrons. The van der Waals surface area contributed by atoms with Crippen LogP contribution in [0.4, 0.5) is 0 Å². The molecule has 2 rings (SSSR count). The van der Waals surface area contributed by atoms with Crippen molar-refractivity contribution < 1.29 is 4.79 Å². The van der Waals surface area contributed by atoms with E-state index in [1.807, 2.05) is 6.92 Å². The van der Waals surface area contributed by atoms with E-state index in [9.17, 15) is 0 Å². The maximum absolute atomic E-state index is 8.90. The van der Waals surface area contributed by atoms with Crippen molar-refractivity contribution in [2.24, 2.45) is 0 Å². The van der Waals surface area contributed by atoms with Crippen LogP contribution in [0.2, 0.25) is 0 Å². The van der Waals surface area contributed by atoms with E-state index in [1.165, 1.54) is 73.6 Å². The smallest absolute Gasteiger partial charge is 0.302 e. The van der Waals surface area contributed by atoms with Crippen LogP contribution < -0.4 is 0 Å². The molecule has 0 N–H and O–H groups in total. The van der Waals surface area contributed by atoms with Crippen LogP contribution in [0.25, 0.3) is 11.1 Å². The summed E-state index contributed by atoms with van der Waals surface area (Å²) in [7, 11) is 0. The summed E-state index contributed by atoms with van der Waals surface area (Å²) in [5.41, 5.74) is 16.0. The lowest BCUT2D eigenvalue weighted by atomic mass is 9.92. The van der Waals surface area contributed by atoms with Crippen LogP contribution in [0, 0.1) is 0 Å². The minimum Gasteiger partial charge on any atom is -0.348 e. The van der Waals surface area contributed by atoms with Gasteiger partial charge in [-0.25, -0.2) is 0 Å². The van der Waals surface area contributed by atoms with Crippen LogP contribution >= 0.6 is 0 Å². The van der Waals surface area contributed by atoms with E-state index in [2.05, 4.69) is 79.1 Å². The standard InChI is InChI=1S/C29H38N2/c1-4-6-8-10-13-25-17-19-27(20-18-25)29(21-24(3)23-31-30)28-16-12-15-26(22-28)14-11-9-7-5-2/h12,15-22H,4-11,13-14H2,1-3H3. The fourth-order valence-electron chi connectivity index (χ4n) is 3.92. The molecule has 0 fully saturated rings.